The zero-order valence-corrected chi connectivity index (χ0v) is 13.9. The number of para-hydroxylation sites is 2. The zero-order valence-electron chi connectivity index (χ0n) is 11.6. The van der Waals surface area contributed by atoms with Crippen molar-refractivity contribution in [1.82, 2.24) is 0 Å². The SMILES string of the molecule is COc1ccccc1NC(N)=NCc1cccc(O)c1.I. The number of nitrogens with two attached hydrogens (primary N) is 1. The molecule has 0 atom stereocenters. The van der Waals surface area contributed by atoms with Crippen molar-refractivity contribution >= 4 is 35.6 Å². The van der Waals surface area contributed by atoms with E-state index >= 15 is 0 Å². The number of guanidine groups is 1. The molecule has 0 bridgehead atoms. The van der Waals surface area contributed by atoms with Gasteiger partial charge in [-0.05, 0) is 29.8 Å². The van der Waals surface area contributed by atoms with Crippen molar-refractivity contribution in [2.24, 2.45) is 10.7 Å². The lowest BCUT2D eigenvalue weighted by molar-refractivity contribution is 0.417. The first kappa shape index (κ1) is 17.1. The van der Waals surface area contributed by atoms with E-state index in [0.29, 0.717) is 12.3 Å². The van der Waals surface area contributed by atoms with E-state index in [2.05, 4.69) is 10.3 Å². The molecule has 0 aliphatic rings. The molecule has 2 rings (SSSR count). The Kier molecular flexibility index (Phi) is 6.80. The predicted octanol–water partition coefficient (Wildman–Crippen LogP) is 2.95. The molecule has 0 heterocycles. The summed E-state index contributed by atoms with van der Waals surface area (Å²) in [6, 6.07) is 14.4. The highest BCUT2D eigenvalue weighted by Crippen LogP contribution is 2.22. The van der Waals surface area contributed by atoms with Crippen molar-refractivity contribution in [2.45, 2.75) is 6.54 Å². The normalized spacial score (nSPS) is 10.6. The molecule has 0 radical (unpaired) electrons. The van der Waals surface area contributed by atoms with Gasteiger partial charge in [-0.15, -0.1) is 24.0 Å². The number of aromatic hydroxyl groups is 1. The summed E-state index contributed by atoms with van der Waals surface area (Å²) >= 11 is 0. The average Bonchev–Trinajstić information content (AvgIpc) is 2.46. The third-order valence-corrected chi connectivity index (χ3v) is 2.71. The van der Waals surface area contributed by atoms with Gasteiger partial charge in [-0.3, -0.25) is 0 Å². The summed E-state index contributed by atoms with van der Waals surface area (Å²) in [4.78, 5) is 4.22. The number of halogens is 1. The van der Waals surface area contributed by atoms with Crippen LogP contribution in [0.3, 0.4) is 0 Å². The van der Waals surface area contributed by atoms with E-state index in [1.807, 2.05) is 30.3 Å². The highest BCUT2D eigenvalue weighted by Gasteiger charge is 2.02. The maximum Gasteiger partial charge on any atom is 0.193 e. The van der Waals surface area contributed by atoms with Gasteiger partial charge in [0.2, 0.25) is 0 Å². The van der Waals surface area contributed by atoms with Gasteiger partial charge in [0.1, 0.15) is 11.5 Å². The van der Waals surface area contributed by atoms with E-state index in [1.165, 1.54) is 0 Å². The van der Waals surface area contributed by atoms with Crippen molar-refractivity contribution in [3.63, 3.8) is 0 Å². The number of anilines is 1. The quantitative estimate of drug-likeness (QED) is 0.420. The van der Waals surface area contributed by atoms with Crippen LogP contribution in [0.1, 0.15) is 5.56 Å². The number of hydrogen-bond donors (Lipinski definition) is 3. The van der Waals surface area contributed by atoms with Crippen LogP contribution in [0.5, 0.6) is 11.5 Å². The zero-order chi connectivity index (χ0) is 14.4. The van der Waals surface area contributed by atoms with Crippen LogP contribution in [0.15, 0.2) is 53.5 Å². The van der Waals surface area contributed by atoms with Crippen LogP contribution in [0.2, 0.25) is 0 Å². The van der Waals surface area contributed by atoms with E-state index in [-0.39, 0.29) is 35.7 Å². The molecule has 112 valence electrons. The van der Waals surface area contributed by atoms with Crippen molar-refractivity contribution in [3.05, 3.63) is 54.1 Å². The number of nitrogens with zero attached hydrogens (tertiary/aromatic N) is 1. The smallest absolute Gasteiger partial charge is 0.193 e. The summed E-state index contributed by atoms with van der Waals surface area (Å²) in [5, 5.41) is 12.4. The van der Waals surface area contributed by atoms with Crippen LogP contribution in [-0.2, 0) is 6.54 Å². The fourth-order valence-electron chi connectivity index (χ4n) is 1.76. The monoisotopic (exact) mass is 399 g/mol. The lowest BCUT2D eigenvalue weighted by atomic mass is 10.2. The van der Waals surface area contributed by atoms with E-state index in [0.717, 1.165) is 11.3 Å². The molecule has 0 aliphatic carbocycles. The molecule has 2 aromatic carbocycles. The minimum atomic E-state index is 0. The van der Waals surface area contributed by atoms with Crippen molar-refractivity contribution in [3.8, 4) is 11.5 Å². The molecule has 0 fully saturated rings. The lowest BCUT2D eigenvalue weighted by Crippen LogP contribution is -2.22. The van der Waals surface area contributed by atoms with Gasteiger partial charge in [-0.1, -0.05) is 24.3 Å². The number of benzene rings is 2. The van der Waals surface area contributed by atoms with Gasteiger partial charge < -0.3 is 20.9 Å². The molecular formula is C15H18IN3O2. The largest absolute Gasteiger partial charge is 0.508 e. The summed E-state index contributed by atoms with van der Waals surface area (Å²) in [6.45, 7) is 0.391. The van der Waals surface area contributed by atoms with Crippen LogP contribution in [0.25, 0.3) is 0 Å². The van der Waals surface area contributed by atoms with Crippen LogP contribution in [0, 0.1) is 0 Å². The highest BCUT2D eigenvalue weighted by atomic mass is 127. The Morgan fingerprint density at radius 2 is 2.00 bits per heavy atom. The molecule has 0 spiro atoms. The van der Waals surface area contributed by atoms with Gasteiger partial charge >= 0.3 is 0 Å². The highest BCUT2D eigenvalue weighted by molar-refractivity contribution is 14.0. The number of rotatable bonds is 4. The molecule has 0 aromatic heterocycles. The standard InChI is InChI=1S/C15H17N3O2.HI/c1-20-14-8-3-2-7-13(14)18-15(16)17-10-11-5-4-6-12(19)9-11;/h2-9,19H,10H2,1H3,(H3,16,17,18);1H. The summed E-state index contributed by atoms with van der Waals surface area (Å²) in [7, 11) is 1.60. The van der Waals surface area contributed by atoms with Gasteiger partial charge in [0.25, 0.3) is 0 Å². The summed E-state index contributed by atoms with van der Waals surface area (Å²) in [5.74, 6) is 1.20. The van der Waals surface area contributed by atoms with Crippen LogP contribution >= 0.6 is 24.0 Å². The Balaban J connectivity index is 0.00000220. The summed E-state index contributed by atoms with van der Waals surface area (Å²) in [5.41, 5.74) is 7.48. The number of methoxy groups -OCH3 is 1. The minimum absolute atomic E-state index is 0. The number of hydrogen-bond acceptors (Lipinski definition) is 3. The fraction of sp³-hybridized carbons (Fsp3) is 0.133. The molecule has 0 saturated carbocycles. The molecule has 0 aliphatic heterocycles. The molecule has 0 saturated heterocycles. The number of aliphatic imine (C=N–C) groups is 1. The van der Waals surface area contributed by atoms with Gasteiger partial charge in [0.15, 0.2) is 5.96 Å². The lowest BCUT2D eigenvalue weighted by Gasteiger charge is -2.10. The van der Waals surface area contributed by atoms with Crippen molar-refractivity contribution in [1.29, 1.82) is 0 Å². The first-order valence-corrected chi connectivity index (χ1v) is 6.17. The second-order valence-electron chi connectivity index (χ2n) is 4.20. The van der Waals surface area contributed by atoms with E-state index in [1.54, 1.807) is 25.3 Å². The Hall–Kier alpha value is -1.96. The minimum Gasteiger partial charge on any atom is -0.508 e. The predicted molar refractivity (Wildman–Crippen MR) is 95.5 cm³/mol. The first-order valence-electron chi connectivity index (χ1n) is 6.17. The third kappa shape index (κ3) is 5.14. The Labute approximate surface area is 140 Å². The molecule has 4 N–H and O–H groups in total. The first-order chi connectivity index (χ1) is 9.69. The van der Waals surface area contributed by atoms with Gasteiger partial charge in [-0.2, -0.15) is 0 Å². The number of ether oxygens (including phenoxy) is 1. The summed E-state index contributed by atoms with van der Waals surface area (Å²) < 4.78 is 5.22. The molecule has 5 nitrogen and oxygen atoms in total. The maximum absolute atomic E-state index is 9.37. The molecule has 21 heavy (non-hydrogen) atoms. The average molecular weight is 399 g/mol. The second kappa shape index (κ2) is 8.35. The van der Waals surface area contributed by atoms with E-state index < -0.39 is 0 Å². The van der Waals surface area contributed by atoms with E-state index in [9.17, 15) is 5.11 Å². The Bertz CT molecular complexity index is 617. The number of phenols is 1. The summed E-state index contributed by atoms with van der Waals surface area (Å²) in [6.07, 6.45) is 0. The number of phenolic OH excluding ortho intramolecular Hbond substituents is 1. The van der Waals surface area contributed by atoms with Crippen LogP contribution in [0.4, 0.5) is 5.69 Å². The van der Waals surface area contributed by atoms with Crippen molar-refractivity contribution < 1.29 is 9.84 Å². The molecule has 0 unspecified atom stereocenters. The second-order valence-corrected chi connectivity index (χ2v) is 4.20. The van der Waals surface area contributed by atoms with Gasteiger partial charge in [0, 0.05) is 0 Å². The van der Waals surface area contributed by atoms with Crippen LogP contribution in [-0.4, -0.2) is 18.2 Å². The van der Waals surface area contributed by atoms with Crippen LogP contribution < -0.4 is 15.8 Å². The molecule has 0 amide bonds. The Morgan fingerprint density at radius 1 is 1.24 bits per heavy atom. The third-order valence-electron chi connectivity index (χ3n) is 2.71. The molecule has 6 heteroatoms. The molecular weight excluding hydrogens is 381 g/mol. The number of nitrogens with one attached hydrogen (secondary N) is 1. The topological polar surface area (TPSA) is 79.9 Å². The Morgan fingerprint density at radius 3 is 2.71 bits per heavy atom. The van der Waals surface area contributed by atoms with Crippen molar-refractivity contribution in [2.75, 3.05) is 12.4 Å². The molecule has 2 aromatic rings. The fourth-order valence-corrected chi connectivity index (χ4v) is 1.76. The van der Waals surface area contributed by atoms with Gasteiger partial charge in [0.05, 0.1) is 19.3 Å². The van der Waals surface area contributed by atoms with E-state index in [4.69, 9.17) is 10.5 Å². The van der Waals surface area contributed by atoms with Gasteiger partial charge in [-0.25, -0.2) is 4.99 Å². The maximum atomic E-state index is 9.37.